The lowest BCUT2D eigenvalue weighted by Crippen LogP contribution is -2.42. The summed E-state index contributed by atoms with van der Waals surface area (Å²) in [5, 5.41) is 16.3. The number of aromatic carboxylic acids is 1. The molecule has 1 unspecified atom stereocenters. The molecule has 1 saturated heterocycles. The normalized spacial score (nSPS) is 21.6. The van der Waals surface area contributed by atoms with Gasteiger partial charge in [0.2, 0.25) is 0 Å². The molecule has 1 aromatic heterocycles. The summed E-state index contributed by atoms with van der Waals surface area (Å²) in [5.74, 6) is 0.0970. The van der Waals surface area contributed by atoms with Crippen molar-refractivity contribution in [3.63, 3.8) is 0 Å². The highest BCUT2D eigenvalue weighted by Crippen LogP contribution is 2.36. The number of carboxylic acids is 1. The van der Waals surface area contributed by atoms with Crippen molar-refractivity contribution >= 4 is 35.1 Å². The molecule has 6 nitrogen and oxygen atoms in total. The lowest BCUT2D eigenvalue weighted by molar-refractivity contribution is 0.0691. The van der Waals surface area contributed by atoms with Crippen molar-refractivity contribution in [3.05, 3.63) is 16.1 Å². The maximum atomic E-state index is 11.7. The van der Waals surface area contributed by atoms with Crippen molar-refractivity contribution in [2.24, 2.45) is 0 Å². The molecule has 0 bridgehead atoms. The molecule has 1 aliphatic heterocycles. The second-order valence-corrected chi connectivity index (χ2v) is 7.49. The van der Waals surface area contributed by atoms with Gasteiger partial charge in [-0.1, -0.05) is 0 Å². The molecule has 1 atom stereocenters. The van der Waals surface area contributed by atoms with E-state index in [4.69, 9.17) is 5.11 Å². The Morgan fingerprint density at radius 2 is 2.30 bits per heavy atom. The number of nitrogens with zero attached hydrogens (tertiary/aromatic N) is 1. The van der Waals surface area contributed by atoms with E-state index in [0.717, 1.165) is 12.2 Å². The van der Waals surface area contributed by atoms with Gasteiger partial charge < -0.3 is 15.7 Å². The van der Waals surface area contributed by atoms with E-state index in [9.17, 15) is 9.59 Å². The first kappa shape index (κ1) is 15.1. The first-order valence-electron chi connectivity index (χ1n) is 6.32. The minimum Gasteiger partial charge on any atom is -0.476 e. The van der Waals surface area contributed by atoms with Crippen LogP contribution in [0.15, 0.2) is 5.38 Å². The number of hydrogen-bond acceptors (Lipinski definition) is 5. The van der Waals surface area contributed by atoms with Crippen molar-refractivity contribution in [1.29, 1.82) is 0 Å². The van der Waals surface area contributed by atoms with Gasteiger partial charge in [-0.05, 0) is 25.5 Å². The molecular formula is C12H17N3O3S2. The van der Waals surface area contributed by atoms with Gasteiger partial charge in [0.15, 0.2) is 5.69 Å². The SMILES string of the molecule is CC1(CNC(=O)NCc2nc(C(=O)O)cs2)CCCS1. The predicted molar refractivity (Wildman–Crippen MR) is 79.4 cm³/mol. The Morgan fingerprint density at radius 1 is 1.50 bits per heavy atom. The van der Waals surface area contributed by atoms with E-state index >= 15 is 0 Å². The minimum absolute atomic E-state index is 0.0158. The minimum atomic E-state index is -1.05. The van der Waals surface area contributed by atoms with Crippen LogP contribution in [0.3, 0.4) is 0 Å². The number of amides is 2. The average Bonchev–Trinajstić information content (AvgIpc) is 3.03. The standard InChI is InChI=1S/C12H17N3O3S2/c1-12(3-2-4-20-12)7-14-11(18)13-5-9-15-8(6-19-9)10(16)17/h6H,2-5,7H2,1H3,(H,16,17)(H2,13,14,18). The Bertz CT molecular complexity index is 498. The number of nitrogens with one attached hydrogen (secondary N) is 2. The maximum absolute atomic E-state index is 11.7. The highest BCUT2D eigenvalue weighted by molar-refractivity contribution is 8.00. The summed E-state index contributed by atoms with van der Waals surface area (Å²) in [4.78, 5) is 26.3. The van der Waals surface area contributed by atoms with E-state index in [1.807, 2.05) is 11.8 Å². The van der Waals surface area contributed by atoms with E-state index in [0.29, 0.717) is 11.6 Å². The zero-order valence-corrected chi connectivity index (χ0v) is 12.8. The summed E-state index contributed by atoms with van der Waals surface area (Å²) in [5.41, 5.74) is 0.0158. The molecule has 1 aliphatic rings. The number of carbonyl (C=O) groups excluding carboxylic acids is 1. The van der Waals surface area contributed by atoms with E-state index < -0.39 is 5.97 Å². The Morgan fingerprint density at radius 3 is 2.90 bits per heavy atom. The molecule has 2 amide bonds. The molecule has 0 spiro atoms. The molecule has 1 aromatic rings. The number of rotatable bonds is 5. The number of aromatic nitrogens is 1. The zero-order chi connectivity index (χ0) is 14.6. The van der Waals surface area contributed by atoms with Gasteiger partial charge >= 0.3 is 12.0 Å². The lowest BCUT2D eigenvalue weighted by Gasteiger charge is -2.22. The van der Waals surface area contributed by atoms with Crippen LogP contribution in [0.4, 0.5) is 4.79 Å². The molecule has 0 radical (unpaired) electrons. The van der Waals surface area contributed by atoms with Crippen molar-refractivity contribution < 1.29 is 14.7 Å². The fourth-order valence-corrected chi connectivity index (χ4v) is 3.90. The number of carboxylic acid groups (broad SMARTS) is 1. The Labute approximate surface area is 125 Å². The maximum Gasteiger partial charge on any atom is 0.355 e. The Hall–Kier alpha value is -1.28. The van der Waals surface area contributed by atoms with Gasteiger partial charge in [0.1, 0.15) is 5.01 Å². The highest BCUT2D eigenvalue weighted by Gasteiger charge is 2.29. The summed E-state index contributed by atoms with van der Waals surface area (Å²) in [6, 6.07) is -0.245. The summed E-state index contributed by atoms with van der Waals surface area (Å²) < 4.78 is 0.134. The van der Waals surface area contributed by atoms with Crippen molar-refractivity contribution in [1.82, 2.24) is 15.6 Å². The monoisotopic (exact) mass is 315 g/mol. The first-order chi connectivity index (χ1) is 9.48. The highest BCUT2D eigenvalue weighted by atomic mass is 32.2. The molecule has 8 heteroatoms. The van der Waals surface area contributed by atoms with Crippen LogP contribution in [0, 0.1) is 0 Å². The molecule has 0 aliphatic carbocycles. The number of carbonyl (C=O) groups is 2. The molecular weight excluding hydrogens is 298 g/mol. The first-order valence-corrected chi connectivity index (χ1v) is 8.18. The van der Waals surface area contributed by atoms with E-state index in [1.165, 1.54) is 23.1 Å². The van der Waals surface area contributed by atoms with Crippen LogP contribution >= 0.6 is 23.1 Å². The third-order valence-corrected chi connectivity index (χ3v) is 5.48. The summed E-state index contributed by atoms with van der Waals surface area (Å²) in [7, 11) is 0. The Kier molecular flexibility index (Phi) is 4.87. The van der Waals surface area contributed by atoms with Crippen LogP contribution in [-0.4, -0.2) is 39.1 Å². The average molecular weight is 315 g/mol. The zero-order valence-electron chi connectivity index (χ0n) is 11.1. The van der Waals surface area contributed by atoms with E-state index in [-0.39, 0.29) is 23.0 Å². The second kappa shape index (κ2) is 6.45. The third-order valence-electron chi connectivity index (χ3n) is 3.09. The third kappa shape index (κ3) is 4.11. The van der Waals surface area contributed by atoms with Gasteiger partial charge in [-0.25, -0.2) is 14.6 Å². The molecule has 0 aromatic carbocycles. The number of urea groups is 1. The van der Waals surface area contributed by atoms with Gasteiger partial charge in [-0.2, -0.15) is 11.8 Å². The molecule has 0 saturated carbocycles. The van der Waals surface area contributed by atoms with Crippen LogP contribution in [0.5, 0.6) is 0 Å². The summed E-state index contributed by atoms with van der Waals surface area (Å²) in [6.45, 7) is 3.04. The van der Waals surface area contributed by atoms with Gasteiger partial charge in [-0.15, -0.1) is 11.3 Å². The number of thiazole rings is 1. The molecule has 2 rings (SSSR count). The van der Waals surface area contributed by atoms with Crippen LogP contribution < -0.4 is 10.6 Å². The van der Waals surface area contributed by atoms with Crippen molar-refractivity contribution in [2.45, 2.75) is 31.1 Å². The number of thioether (sulfide) groups is 1. The van der Waals surface area contributed by atoms with Gasteiger partial charge in [0.25, 0.3) is 0 Å². The van der Waals surface area contributed by atoms with Crippen molar-refractivity contribution in [3.8, 4) is 0 Å². The lowest BCUT2D eigenvalue weighted by atomic mass is 10.1. The van der Waals surface area contributed by atoms with Gasteiger partial charge in [0, 0.05) is 16.7 Å². The fourth-order valence-electron chi connectivity index (χ4n) is 1.95. The quantitative estimate of drug-likeness (QED) is 0.772. The summed E-state index contributed by atoms with van der Waals surface area (Å²) >= 11 is 3.11. The molecule has 2 heterocycles. The second-order valence-electron chi connectivity index (χ2n) is 4.87. The van der Waals surface area contributed by atoms with Crippen LogP contribution in [0.2, 0.25) is 0 Å². The topological polar surface area (TPSA) is 91.3 Å². The van der Waals surface area contributed by atoms with Crippen molar-refractivity contribution in [2.75, 3.05) is 12.3 Å². The van der Waals surface area contributed by atoms with E-state index in [1.54, 1.807) is 0 Å². The molecule has 1 fully saturated rings. The van der Waals surface area contributed by atoms with Crippen LogP contribution in [0.25, 0.3) is 0 Å². The summed E-state index contributed by atoms with van der Waals surface area (Å²) in [6.07, 6.45) is 2.31. The fraction of sp³-hybridized carbons (Fsp3) is 0.583. The van der Waals surface area contributed by atoms with E-state index in [2.05, 4.69) is 22.5 Å². The largest absolute Gasteiger partial charge is 0.476 e. The van der Waals surface area contributed by atoms with Crippen LogP contribution in [-0.2, 0) is 6.54 Å². The molecule has 20 heavy (non-hydrogen) atoms. The predicted octanol–water partition coefficient (Wildman–Crippen LogP) is 1.93. The Balaban J connectivity index is 1.73. The molecule has 110 valence electrons. The van der Waals surface area contributed by atoms with Gasteiger partial charge in [0.05, 0.1) is 6.54 Å². The van der Waals surface area contributed by atoms with Gasteiger partial charge in [-0.3, -0.25) is 0 Å². The smallest absolute Gasteiger partial charge is 0.355 e. The van der Waals surface area contributed by atoms with Crippen LogP contribution in [0.1, 0.15) is 35.3 Å². The number of hydrogen-bond donors (Lipinski definition) is 3. The molecule has 3 N–H and O–H groups in total.